The quantitative estimate of drug-likeness (QED) is 0.392. The van der Waals surface area contributed by atoms with Crippen LogP contribution < -0.4 is 10.6 Å². The van der Waals surface area contributed by atoms with Crippen LogP contribution in [0, 0.1) is 6.92 Å². The molecule has 2 N–H and O–H groups in total. The lowest BCUT2D eigenvalue weighted by molar-refractivity contribution is -0.116. The van der Waals surface area contributed by atoms with E-state index in [0.29, 0.717) is 22.1 Å². The fourth-order valence-electron chi connectivity index (χ4n) is 3.53. The molecule has 0 unspecified atom stereocenters. The Balaban J connectivity index is 1.65. The van der Waals surface area contributed by atoms with E-state index in [2.05, 4.69) is 10.6 Å². The molecule has 2 amide bonds. The molecule has 1 aromatic heterocycles. The smallest absolute Gasteiger partial charge is 0.228 e. The molecule has 1 heterocycles. The van der Waals surface area contributed by atoms with Crippen LogP contribution in [0.5, 0.6) is 0 Å². The number of anilines is 2. The molecule has 7 heteroatoms. The highest BCUT2D eigenvalue weighted by molar-refractivity contribution is 6.30. The molecular weight excluding hydrogens is 436 g/mol. The number of hydrogen-bond donors (Lipinski definition) is 2. The first-order valence-electron chi connectivity index (χ1n) is 10.5. The van der Waals surface area contributed by atoms with Crippen LogP contribution >= 0.6 is 11.6 Å². The van der Waals surface area contributed by atoms with Gasteiger partial charge in [-0.3, -0.25) is 9.59 Å². The van der Waals surface area contributed by atoms with Crippen LogP contribution in [0.1, 0.15) is 18.1 Å². The van der Waals surface area contributed by atoms with Crippen molar-refractivity contribution in [1.29, 1.82) is 0 Å². The number of carbonyl (C=O) groups excluding carboxylic acids is 2. The van der Waals surface area contributed by atoms with Crippen LogP contribution in [0.15, 0.2) is 79.0 Å². The predicted molar refractivity (Wildman–Crippen MR) is 132 cm³/mol. The molecule has 0 saturated carbocycles. The van der Waals surface area contributed by atoms with Crippen molar-refractivity contribution in [3.8, 4) is 16.9 Å². The summed E-state index contributed by atoms with van der Waals surface area (Å²) in [5.74, 6) is -0.418. The highest BCUT2D eigenvalue weighted by Crippen LogP contribution is 2.27. The standard InChI is InChI=1S/C26H23ClN4O2/c1-17-8-13-23(28-18(2)32)24(14-17)29-25(33)15-20-16-31(22-6-4-3-5-7-22)30-26(20)19-9-11-21(27)12-10-19/h3-14,16H,15H2,1-2H3,(H,28,32)(H,29,33). The van der Waals surface area contributed by atoms with Crippen LogP contribution in [0.4, 0.5) is 11.4 Å². The Bertz CT molecular complexity index is 1300. The highest BCUT2D eigenvalue weighted by Gasteiger charge is 2.17. The van der Waals surface area contributed by atoms with Crippen LogP contribution in [0.3, 0.4) is 0 Å². The van der Waals surface area contributed by atoms with Gasteiger partial charge in [0.1, 0.15) is 0 Å². The Kier molecular flexibility index (Phi) is 6.56. The molecule has 0 saturated heterocycles. The lowest BCUT2D eigenvalue weighted by atomic mass is 10.1. The van der Waals surface area contributed by atoms with Gasteiger partial charge in [-0.1, -0.05) is 48.0 Å². The molecule has 0 atom stereocenters. The van der Waals surface area contributed by atoms with Gasteiger partial charge in [-0.15, -0.1) is 0 Å². The van der Waals surface area contributed by atoms with Gasteiger partial charge in [-0.25, -0.2) is 4.68 Å². The zero-order chi connectivity index (χ0) is 23.4. The molecule has 0 aliphatic heterocycles. The summed E-state index contributed by atoms with van der Waals surface area (Å²) in [6.45, 7) is 3.36. The number of halogens is 1. The summed E-state index contributed by atoms with van der Waals surface area (Å²) >= 11 is 6.06. The Morgan fingerprint density at radius 1 is 0.939 bits per heavy atom. The Hall–Kier alpha value is -3.90. The van der Waals surface area contributed by atoms with Crippen molar-refractivity contribution in [1.82, 2.24) is 9.78 Å². The summed E-state index contributed by atoms with van der Waals surface area (Å²) in [5.41, 5.74) is 5.32. The van der Waals surface area contributed by atoms with E-state index >= 15 is 0 Å². The molecule has 3 aromatic carbocycles. The maximum Gasteiger partial charge on any atom is 0.228 e. The molecule has 0 aliphatic rings. The minimum Gasteiger partial charge on any atom is -0.325 e. The Morgan fingerprint density at radius 2 is 1.67 bits per heavy atom. The Morgan fingerprint density at radius 3 is 2.36 bits per heavy atom. The van der Waals surface area contributed by atoms with E-state index in [1.807, 2.05) is 67.7 Å². The Labute approximate surface area is 197 Å². The van der Waals surface area contributed by atoms with E-state index in [9.17, 15) is 9.59 Å². The maximum absolute atomic E-state index is 13.0. The molecule has 0 bridgehead atoms. The van der Waals surface area contributed by atoms with E-state index in [-0.39, 0.29) is 18.2 Å². The minimum absolute atomic E-state index is 0.109. The summed E-state index contributed by atoms with van der Waals surface area (Å²) in [7, 11) is 0. The van der Waals surface area contributed by atoms with Gasteiger partial charge >= 0.3 is 0 Å². The van der Waals surface area contributed by atoms with Gasteiger partial charge in [0.05, 0.1) is 29.2 Å². The van der Waals surface area contributed by atoms with Gasteiger partial charge in [-0.2, -0.15) is 5.10 Å². The number of benzene rings is 3. The minimum atomic E-state index is -0.213. The summed E-state index contributed by atoms with van der Waals surface area (Å²) in [6, 6.07) is 22.6. The molecule has 4 aromatic rings. The molecule has 0 fully saturated rings. The predicted octanol–water partition coefficient (Wildman–Crippen LogP) is 5.64. The van der Waals surface area contributed by atoms with Crippen molar-refractivity contribution in [2.45, 2.75) is 20.3 Å². The topological polar surface area (TPSA) is 76.0 Å². The molecule has 166 valence electrons. The van der Waals surface area contributed by atoms with Gasteiger partial charge in [-0.05, 0) is 48.9 Å². The van der Waals surface area contributed by atoms with E-state index in [1.54, 1.807) is 22.9 Å². The largest absolute Gasteiger partial charge is 0.325 e. The van der Waals surface area contributed by atoms with Crippen LogP contribution in [-0.2, 0) is 16.0 Å². The van der Waals surface area contributed by atoms with Crippen molar-refractivity contribution >= 4 is 34.8 Å². The van der Waals surface area contributed by atoms with E-state index < -0.39 is 0 Å². The lowest BCUT2D eigenvalue weighted by Gasteiger charge is -2.12. The second-order valence-electron chi connectivity index (χ2n) is 7.75. The second-order valence-corrected chi connectivity index (χ2v) is 8.18. The number of aromatic nitrogens is 2. The van der Waals surface area contributed by atoms with Crippen LogP contribution in [-0.4, -0.2) is 21.6 Å². The molecule has 0 radical (unpaired) electrons. The van der Waals surface area contributed by atoms with Crippen molar-refractivity contribution in [3.63, 3.8) is 0 Å². The molecule has 33 heavy (non-hydrogen) atoms. The fourth-order valence-corrected chi connectivity index (χ4v) is 3.66. The third kappa shape index (κ3) is 5.48. The van der Waals surface area contributed by atoms with Gasteiger partial charge in [0.2, 0.25) is 11.8 Å². The van der Waals surface area contributed by atoms with Crippen molar-refractivity contribution in [2.75, 3.05) is 10.6 Å². The highest BCUT2D eigenvalue weighted by atomic mass is 35.5. The van der Waals surface area contributed by atoms with Crippen molar-refractivity contribution < 1.29 is 9.59 Å². The number of hydrogen-bond acceptors (Lipinski definition) is 3. The first-order valence-corrected chi connectivity index (χ1v) is 10.8. The monoisotopic (exact) mass is 458 g/mol. The number of nitrogens with zero attached hydrogens (tertiary/aromatic N) is 2. The van der Waals surface area contributed by atoms with Gasteiger partial charge in [0, 0.05) is 29.3 Å². The summed E-state index contributed by atoms with van der Waals surface area (Å²) in [5, 5.41) is 11.1. The average molecular weight is 459 g/mol. The number of para-hydroxylation sites is 1. The normalized spacial score (nSPS) is 10.6. The van der Waals surface area contributed by atoms with Gasteiger partial charge < -0.3 is 10.6 Å². The SMILES string of the molecule is CC(=O)Nc1ccc(C)cc1NC(=O)Cc1cn(-c2ccccc2)nc1-c1ccc(Cl)cc1. The molecule has 4 rings (SSSR count). The summed E-state index contributed by atoms with van der Waals surface area (Å²) in [4.78, 5) is 24.6. The number of aryl methyl sites for hydroxylation is 1. The number of nitrogens with one attached hydrogen (secondary N) is 2. The molecule has 0 spiro atoms. The summed E-state index contributed by atoms with van der Waals surface area (Å²) in [6.07, 6.45) is 1.97. The number of carbonyl (C=O) groups is 2. The van der Waals surface area contributed by atoms with Gasteiger partial charge in [0.15, 0.2) is 0 Å². The van der Waals surface area contributed by atoms with Crippen LogP contribution in [0.25, 0.3) is 16.9 Å². The fraction of sp³-hybridized carbons (Fsp3) is 0.115. The number of amides is 2. The average Bonchev–Trinajstić information content (AvgIpc) is 3.20. The molecular formula is C26H23ClN4O2. The van der Waals surface area contributed by atoms with E-state index in [4.69, 9.17) is 16.7 Å². The maximum atomic E-state index is 13.0. The third-order valence-electron chi connectivity index (χ3n) is 5.04. The van der Waals surface area contributed by atoms with E-state index in [0.717, 1.165) is 22.4 Å². The zero-order valence-electron chi connectivity index (χ0n) is 18.3. The van der Waals surface area contributed by atoms with Gasteiger partial charge in [0.25, 0.3) is 0 Å². The first kappa shape index (κ1) is 22.3. The second kappa shape index (κ2) is 9.71. The first-order chi connectivity index (χ1) is 15.9. The summed E-state index contributed by atoms with van der Waals surface area (Å²) < 4.78 is 1.77. The van der Waals surface area contributed by atoms with Crippen LogP contribution in [0.2, 0.25) is 5.02 Å². The molecule has 0 aliphatic carbocycles. The number of rotatable bonds is 6. The van der Waals surface area contributed by atoms with E-state index in [1.165, 1.54) is 6.92 Å². The van der Waals surface area contributed by atoms with Crippen molar-refractivity contribution in [2.24, 2.45) is 0 Å². The zero-order valence-corrected chi connectivity index (χ0v) is 19.1. The molecule has 6 nitrogen and oxygen atoms in total. The lowest BCUT2D eigenvalue weighted by Crippen LogP contribution is -2.17. The van der Waals surface area contributed by atoms with Crippen molar-refractivity contribution in [3.05, 3.63) is 95.1 Å². The third-order valence-corrected chi connectivity index (χ3v) is 5.29.